The van der Waals surface area contributed by atoms with E-state index in [9.17, 15) is 13.2 Å². The molecule has 1 amide bonds. The maximum absolute atomic E-state index is 12.8. The average Bonchev–Trinajstić information content (AvgIpc) is 2.79. The number of piperidine rings is 1. The molecule has 31 heavy (non-hydrogen) atoms. The Bertz CT molecular complexity index is 965. The van der Waals surface area contributed by atoms with Gasteiger partial charge >= 0.3 is 0 Å². The first-order chi connectivity index (χ1) is 14.9. The van der Waals surface area contributed by atoms with Crippen LogP contribution < -0.4 is 10.1 Å². The summed E-state index contributed by atoms with van der Waals surface area (Å²) in [6.45, 7) is 5.99. The number of nitrogens with zero attached hydrogens (tertiary/aromatic N) is 1. The zero-order valence-electron chi connectivity index (χ0n) is 18.3. The van der Waals surface area contributed by atoms with Crippen LogP contribution >= 0.6 is 0 Å². The summed E-state index contributed by atoms with van der Waals surface area (Å²) in [5.41, 5.74) is 2.01. The van der Waals surface area contributed by atoms with Crippen LogP contribution in [0.4, 0.5) is 0 Å². The quantitative estimate of drug-likeness (QED) is 0.633. The smallest absolute Gasteiger partial charge is 0.243 e. The molecule has 0 unspecified atom stereocenters. The van der Waals surface area contributed by atoms with Crippen LogP contribution in [0.1, 0.15) is 56.6 Å². The van der Waals surface area contributed by atoms with Crippen LogP contribution in [0.2, 0.25) is 0 Å². The number of rotatable bonds is 9. The lowest BCUT2D eigenvalue weighted by Crippen LogP contribution is -2.35. The fourth-order valence-corrected chi connectivity index (χ4v) is 5.16. The Morgan fingerprint density at radius 1 is 1.06 bits per heavy atom. The third kappa shape index (κ3) is 6.55. The van der Waals surface area contributed by atoms with Crippen molar-refractivity contribution in [1.82, 2.24) is 9.62 Å². The van der Waals surface area contributed by atoms with Gasteiger partial charge in [0.25, 0.3) is 0 Å². The highest BCUT2D eigenvalue weighted by atomic mass is 32.2. The SMILES string of the molecule is CC(C)c1ccc(OCCC(=O)NCc2cccc(S(=O)(=O)N3CCCCC3)c2)cc1. The highest BCUT2D eigenvalue weighted by Crippen LogP contribution is 2.21. The minimum atomic E-state index is -3.48. The summed E-state index contributed by atoms with van der Waals surface area (Å²) < 4.78 is 32.9. The predicted octanol–water partition coefficient (Wildman–Crippen LogP) is 4.07. The fraction of sp³-hybridized carbons (Fsp3) is 0.458. The summed E-state index contributed by atoms with van der Waals surface area (Å²) in [6, 6.07) is 14.7. The van der Waals surface area contributed by atoms with Crippen LogP contribution in [0.15, 0.2) is 53.4 Å². The van der Waals surface area contributed by atoms with Crippen LogP contribution in [0.25, 0.3) is 0 Å². The molecule has 168 valence electrons. The molecular formula is C24H32N2O4S. The lowest BCUT2D eigenvalue weighted by molar-refractivity contribution is -0.121. The Hall–Kier alpha value is -2.38. The predicted molar refractivity (Wildman–Crippen MR) is 122 cm³/mol. The fourth-order valence-electron chi connectivity index (χ4n) is 3.57. The largest absolute Gasteiger partial charge is 0.493 e. The van der Waals surface area contributed by atoms with Crippen molar-refractivity contribution in [2.45, 2.75) is 56.9 Å². The zero-order valence-corrected chi connectivity index (χ0v) is 19.2. The summed E-state index contributed by atoms with van der Waals surface area (Å²) in [7, 11) is -3.48. The minimum Gasteiger partial charge on any atom is -0.493 e. The molecule has 0 spiro atoms. The minimum absolute atomic E-state index is 0.136. The number of nitrogens with one attached hydrogen (secondary N) is 1. The molecule has 1 N–H and O–H groups in total. The van der Waals surface area contributed by atoms with Gasteiger partial charge < -0.3 is 10.1 Å². The van der Waals surface area contributed by atoms with Gasteiger partial charge in [-0.2, -0.15) is 4.31 Å². The molecule has 1 heterocycles. The van der Waals surface area contributed by atoms with E-state index >= 15 is 0 Å². The van der Waals surface area contributed by atoms with Crippen molar-refractivity contribution in [3.8, 4) is 5.75 Å². The third-order valence-corrected chi connectivity index (χ3v) is 7.38. The van der Waals surface area contributed by atoms with Crippen molar-refractivity contribution in [3.63, 3.8) is 0 Å². The van der Waals surface area contributed by atoms with E-state index in [1.165, 1.54) is 5.56 Å². The van der Waals surface area contributed by atoms with Gasteiger partial charge in [0, 0.05) is 19.6 Å². The van der Waals surface area contributed by atoms with E-state index in [4.69, 9.17) is 4.74 Å². The normalized spacial score (nSPS) is 15.1. The van der Waals surface area contributed by atoms with Crippen molar-refractivity contribution in [2.75, 3.05) is 19.7 Å². The van der Waals surface area contributed by atoms with E-state index in [0.29, 0.717) is 19.0 Å². The monoisotopic (exact) mass is 444 g/mol. The van der Waals surface area contributed by atoms with Crippen molar-refractivity contribution in [3.05, 3.63) is 59.7 Å². The highest BCUT2D eigenvalue weighted by Gasteiger charge is 2.25. The van der Waals surface area contributed by atoms with Gasteiger partial charge in [0.05, 0.1) is 17.9 Å². The van der Waals surface area contributed by atoms with E-state index in [2.05, 4.69) is 19.2 Å². The Balaban J connectivity index is 1.47. The lowest BCUT2D eigenvalue weighted by atomic mass is 10.0. The van der Waals surface area contributed by atoms with Gasteiger partial charge in [0.15, 0.2) is 0 Å². The van der Waals surface area contributed by atoms with Crippen molar-refractivity contribution >= 4 is 15.9 Å². The maximum atomic E-state index is 12.8. The van der Waals surface area contributed by atoms with Gasteiger partial charge in [-0.05, 0) is 54.2 Å². The summed E-state index contributed by atoms with van der Waals surface area (Å²) in [4.78, 5) is 12.4. The van der Waals surface area contributed by atoms with Gasteiger partial charge in [0.2, 0.25) is 15.9 Å². The van der Waals surface area contributed by atoms with Crippen LogP contribution in [0.5, 0.6) is 5.75 Å². The highest BCUT2D eigenvalue weighted by molar-refractivity contribution is 7.89. The summed E-state index contributed by atoms with van der Waals surface area (Å²) in [5, 5.41) is 2.84. The molecule has 0 aliphatic carbocycles. The summed E-state index contributed by atoms with van der Waals surface area (Å²) >= 11 is 0. The maximum Gasteiger partial charge on any atom is 0.243 e. The number of ether oxygens (including phenoxy) is 1. The Morgan fingerprint density at radius 3 is 2.45 bits per heavy atom. The second-order valence-electron chi connectivity index (χ2n) is 8.21. The van der Waals surface area contributed by atoms with Crippen molar-refractivity contribution in [1.29, 1.82) is 0 Å². The van der Waals surface area contributed by atoms with Gasteiger partial charge in [-0.3, -0.25) is 4.79 Å². The van der Waals surface area contributed by atoms with Gasteiger partial charge in [-0.25, -0.2) is 8.42 Å². The van der Waals surface area contributed by atoms with E-state index in [1.807, 2.05) is 30.3 Å². The number of hydrogen-bond acceptors (Lipinski definition) is 4. The molecule has 3 rings (SSSR count). The van der Waals surface area contributed by atoms with E-state index < -0.39 is 10.0 Å². The first-order valence-corrected chi connectivity index (χ1v) is 12.4. The number of amides is 1. The number of carbonyl (C=O) groups excluding carboxylic acids is 1. The molecular weight excluding hydrogens is 412 g/mol. The Morgan fingerprint density at radius 2 is 1.77 bits per heavy atom. The Kier molecular flexibility index (Phi) is 8.09. The topological polar surface area (TPSA) is 75.7 Å². The molecule has 1 aliphatic heterocycles. The second-order valence-corrected chi connectivity index (χ2v) is 10.1. The Labute approximate surface area is 185 Å². The number of carbonyl (C=O) groups is 1. The molecule has 6 nitrogen and oxygen atoms in total. The van der Waals surface area contributed by atoms with Crippen LogP contribution in [0.3, 0.4) is 0 Å². The number of sulfonamides is 1. The summed E-state index contributed by atoms with van der Waals surface area (Å²) in [6.07, 6.45) is 3.11. The first-order valence-electron chi connectivity index (χ1n) is 10.9. The molecule has 1 fully saturated rings. The molecule has 0 radical (unpaired) electrons. The molecule has 2 aromatic carbocycles. The lowest BCUT2D eigenvalue weighted by Gasteiger charge is -2.26. The molecule has 7 heteroatoms. The van der Waals surface area contributed by atoms with E-state index in [1.54, 1.807) is 22.5 Å². The van der Waals surface area contributed by atoms with E-state index in [0.717, 1.165) is 30.6 Å². The van der Waals surface area contributed by atoms with Gasteiger partial charge in [0.1, 0.15) is 5.75 Å². The van der Waals surface area contributed by atoms with Crippen LogP contribution in [-0.2, 0) is 21.4 Å². The van der Waals surface area contributed by atoms with E-state index in [-0.39, 0.29) is 30.4 Å². The molecule has 1 saturated heterocycles. The van der Waals surface area contributed by atoms with Gasteiger partial charge in [-0.15, -0.1) is 0 Å². The number of hydrogen-bond donors (Lipinski definition) is 1. The van der Waals surface area contributed by atoms with Crippen molar-refractivity contribution in [2.24, 2.45) is 0 Å². The average molecular weight is 445 g/mol. The van der Waals surface area contributed by atoms with Gasteiger partial charge in [-0.1, -0.05) is 44.5 Å². The van der Waals surface area contributed by atoms with Crippen molar-refractivity contribution < 1.29 is 17.9 Å². The molecule has 2 aromatic rings. The summed E-state index contributed by atoms with van der Waals surface area (Å²) in [5.74, 6) is 1.07. The molecule has 0 saturated carbocycles. The molecule has 0 aromatic heterocycles. The first kappa shape index (κ1) is 23.3. The van der Waals surface area contributed by atoms with Crippen LogP contribution in [0, 0.1) is 0 Å². The standard InChI is InChI=1S/C24H32N2O4S/c1-19(2)21-9-11-22(12-10-21)30-16-13-24(27)25-18-20-7-6-8-23(17-20)31(28,29)26-14-4-3-5-15-26/h6-12,17,19H,3-5,13-16,18H2,1-2H3,(H,25,27). The van der Waals surface area contributed by atoms with Crippen LogP contribution in [-0.4, -0.2) is 38.3 Å². The number of benzene rings is 2. The zero-order chi connectivity index (χ0) is 22.3. The third-order valence-electron chi connectivity index (χ3n) is 5.49. The second kappa shape index (κ2) is 10.8. The molecule has 0 bridgehead atoms. The molecule has 0 atom stereocenters. The molecule has 1 aliphatic rings.